The molecule has 0 aromatic heterocycles. The molecule has 1 unspecified atom stereocenters. The molecule has 4 heteroatoms. The Morgan fingerprint density at radius 3 is 3.00 bits per heavy atom. The van der Waals surface area contributed by atoms with Gasteiger partial charge < -0.3 is 15.4 Å². The van der Waals surface area contributed by atoms with Crippen molar-refractivity contribution in [3.8, 4) is 0 Å². The minimum Gasteiger partial charge on any atom is -0.393 e. The summed E-state index contributed by atoms with van der Waals surface area (Å²) in [5.74, 6) is 0. The second-order valence-corrected chi connectivity index (χ2v) is 3.74. The zero-order valence-electron chi connectivity index (χ0n) is 7.45. The largest absolute Gasteiger partial charge is 0.393 e. The van der Waals surface area contributed by atoms with Crippen molar-refractivity contribution in [2.45, 2.75) is 18.9 Å². The van der Waals surface area contributed by atoms with Gasteiger partial charge in [-0.1, -0.05) is 12.2 Å². The summed E-state index contributed by atoms with van der Waals surface area (Å²) in [6.45, 7) is 2.69. The molecule has 1 aliphatic heterocycles. The third kappa shape index (κ3) is 3.05. The molecule has 0 amide bonds. The molecule has 1 atom stereocenters. The molecule has 0 spiro atoms. The van der Waals surface area contributed by atoms with Crippen molar-refractivity contribution in [2.24, 2.45) is 5.73 Å². The van der Waals surface area contributed by atoms with Crippen molar-refractivity contribution >= 4 is 17.2 Å². The van der Waals surface area contributed by atoms with E-state index in [1.54, 1.807) is 0 Å². The van der Waals surface area contributed by atoms with Gasteiger partial charge in [0, 0.05) is 25.6 Å². The molecule has 1 heterocycles. The zero-order chi connectivity index (χ0) is 8.97. The molecule has 1 aliphatic rings. The number of hydrogen-bond acceptors (Lipinski definition) is 3. The highest BCUT2D eigenvalue weighted by molar-refractivity contribution is 7.80. The van der Waals surface area contributed by atoms with E-state index in [1.807, 2.05) is 0 Å². The van der Waals surface area contributed by atoms with Gasteiger partial charge in [0.15, 0.2) is 0 Å². The molecule has 0 aliphatic carbocycles. The average Bonchev–Trinajstić information content (AvgIpc) is 2.51. The predicted molar refractivity (Wildman–Crippen MR) is 53.3 cm³/mol. The van der Waals surface area contributed by atoms with Crippen LogP contribution in [0, 0.1) is 0 Å². The minimum absolute atomic E-state index is 0.569. The zero-order valence-corrected chi connectivity index (χ0v) is 8.27. The first kappa shape index (κ1) is 9.89. The fraction of sp³-hybridized carbons (Fsp3) is 0.875. The third-order valence-electron chi connectivity index (χ3n) is 2.24. The topological polar surface area (TPSA) is 38.5 Å². The van der Waals surface area contributed by atoms with Gasteiger partial charge in [-0.05, 0) is 13.5 Å². The van der Waals surface area contributed by atoms with Gasteiger partial charge in [0.25, 0.3) is 0 Å². The Morgan fingerprint density at radius 1 is 1.75 bits per heavy atom. The first-order valence-electron chi connectivity index (χ1n) is 4.26. The molecular weight excluding hydrogens is 172 g/mol. The highest BCUT2D eigenvalue weighted by atomic mass is 32.1. The van der Waals surface area contributed by atoms with E-state index in [9.17, 15) is 0 Å². The van der Waals surface area contributed by atoms with Gasteiger partial charge in [-0.2, -0.15) is 0 Å². The normalized spacial score (nSPS) is 23.3. The van der Waals surface area contributed by atoms with Gasteiger partial charge in [0.05, 0.1) is 11.6 Å². The fourth-order valence-electron chi connectivity index (χ4n) is 1.34. The second kappa shape index (κ2) is 4.74. The Hall–Kier alpha value is -0.190. The van der Waals surface area contributed by atoms with Crippen molar-refractivity contribution in [3.63, 3.8) is 0 Å². The van der Waals surface area contributed by atoms with Crippen LogP contribution < -0.4 is 5.73 Å². The van der Waals surface area contributed by atoms with E-state index < -0.39 is 0 Å². The van der Waals surface area contributed by atoms with E-state index in [0.717, 1.165) is 32.6 Å². The van der Waals surface area contributed by atoms with Crippen molar-refractivity contribution in [2.75, 3.05) is 26.8 Å². The van der Waals surface area contributed by atoms with Gasteiger partial charge in [0.1, 0.15) is 0 Å². The Kier molecular flexibility index (Phi) is 3.91. The summed E-state index contributed by atoms with van der Waals surface area (Å²) in [7, 11) is 2.09. The Morgan fingerprint density at radius 2 is 2.50 bits per heavy atom. The van der Waals surface area contributed by atoms with Crippen molar-refractivity contribution < 1.29 is 4.74 Å². The van der Waals surface area contributed by atoms with E-state index in [0.29, 0.717) is 11.0 Å². The maximum atomic E-state index is 5.41. The van der Waals surface area contributed by atoms with E-state index in [2.05, 4.69) is 11.9 Å². The van der Waals surface area contributed by atoms with Crippen molar-refractivity contribution in [1.29, 1.82) is 0 Å². The molecule has 2 N–H and O–H groups in total. The molecule has 0 bridgehead atoms. The molecule has 1 saturated heterocycles. The first-order valence-corrected chi connectivity index (χ1v) is 4.67. The number of ether oxygens (including phenoxy) is 1. The molecule has 0 saturated carbocycles. The number of rotatable bonds is 4. The molecule has 1 fully saturated rings. The lowest BCUT2D eigenvalue weighted by atomic mass is 10.2. The summed E-state index contributed by atoms with van der Waals surface area (Å²) in [4.78, 5) is 2.87. The molecule has 0 radical (unpaired) electrons. The maximum Gasteiger partial charge on any atom is 0.0740 e. The number of likely N-dealkylation sites (N-methyl/N-ethyl adjacent to an activating group) is 1. The molecule has 12 heavy (non-hydrogen) atoms. The van der Waals surface area contributed by atoms with E-state index in [1.165, 1.54) is 0 Å². The lowest BCUT2D eigenvalue weighted by molar-refractivity contribution is 0.161. The van der Waals surface area contributed by atoms with Crippen LogP contribution in [0.15, 0.2) is 0 Å². The number of thiocarbonyl (C=S) groups is 1. The molecular formula is C8H16N2OS. The monoisotopic (exact) mass is 188 g/mol. The first-order chi connectivity index (χ1) is 5.70. The van der Waals surface area contributed by atoms with Crippen LogP contribution in [-0.4, -0.2) is 42.7 Å². The van der Waals surface area contributed by atoms with Gasteiger partial charge >= 0.3 is 0 Å². The van der Waals surface area contributed by atoms with Crippen LogP contribution >= 0.6 is 12.2 Å². The highest BCUT2D eigenvalue weighted by Gasteiger charge is 2.19. The van der Waals surface area contributed by atoms with E-state index >= 15 is 0 Å². The third-order valence-corrected chi connectivity index (χ3v) is 2.44. The Balaban J connectivity index is 2.17. The van der Waals surface area contributed by atoms with Crippen LogP contribution in [0.1, 0.15) is 12.8 Å². The van der Waals surface area contributed by atoms with Crippen molar-refractivity contribution in [1.82, 2.24) is 4.90 Å². The molecule has 1 rings (SSSR count). The van der Waals surface area contributed by atoms with Gasteiger partial charge in [-0.25, -0.2) is 0 Å². The van der Waals surface area contributed by atoms with Crippen LogP contribution in [0.2, 0.25) is 0 Å². The number of nitrogens with two attached hydrogens (primary N) is 1. The second-order valence-electron chi connectivity index (χ2n) is 3.21. The summed E-state index contributed by atoms with van der Waals surface area (Å²) in [6.07, 6.45) is 1.94. The number of hydrogen-bond donors (Lipinski definition) is 1. The maximum absolute atomic E-state index is 5.41. The standard InChI is InChI=1S/C8H16N2OS/c1-10(4-2-8(9)12)7-3-5-11-6-7/h7H,2-6H2,1H3,(H2,9,12). The lowest BCUT2D eigenvalue weighted by Crippen LogP contribution is -2.34. The van der Waals surface area contributed by atoms with E-state index in [-0.39, 0.29) is 0 Å². The number of nitrogens with zero attached hydrogens (tertiary/aromatic N) is 1. The highest BCUT2D eigenvalue weighted by Crippen LogP contribution is 2.10. The average molecular weight is 188 g/mol. The molecule has 0 aromatic carbocycles. The summed E-state index contributed by atoms with van der Waals surface area (Å²) in [5, 5.41) is 0. The van der Waals surface area contributed by atoms with Crippen LogP contribution in [0.25, 0.3) is 0 Å². The van der Waals surface area contributed by atoms with Gasteiger partial charge in [0.2, 0.25) is 0 Å². The summed E-state index contributed by atoms with van der Waals surface area (Å²) < 4.78 is 5.28. The van der Waals surface area contributed by atoms with Crippen LogP contribution in [0.5, 0.6) is 0 Å². The summed E-state index contributed by atoms with van der Waals surface area (Å²) >= 11 is 4.81. The molecule has 70 valence electrons. The van der Waals surface area contributed by atoms with Gasteiger partial charge in [-0.3, -0.25) is 0 Å². The lowest BCUT2D eigenvalue weighted by Gasteiger charge is -2.22. The summed E-state index contributed by atoms with van der Waals surface area (Å²) in [5.41, 5.74) is 5.41. The van der Waals surface area contributed by atoms with Crippen LogP contribution in [0.3, 0.4) is 0 Å². The minimum atomic E-state index is 0.569. The predicted octanol–water partition coefficient (Wildman–Crippen LogP) is 0.383. The fourth-order valence-corrected chi connectivity index (χ4v) is 1.43. The van der Waals surface area contributed by atoms with E-state index in [4.69, 9.17) is 22.7 Å². The smallest absolute Gasteiger partial charge is 0.0740 e. The van der Waals surface area contributed by atoms with Crippen LogP contribution in [-0.2, 0) is 4.74 Å². The Labute approximate surface area is 78.9 Å². The van der Waals surface area contributed by atoms with Crippen LogP contribution in [0.4, 0.5) is 0 Å². The van der Waals surface area contributed by atoms with Crippen molar-refractivity contribution in [3.05, 3.63) is 0 Å². The Bertz CT molecular complexity index is 157. The molecule has 0 aromatic rings. The SMILES string of the molecule is CN(CCC(N)=S)C1CCOC1. The summed E-state index contributed by atoms with van der Waals surface area (Å²) in [6, 6.07) is 0.569. The molecule has 3 nitrogen and oxygen atoms in total. The van der Waals surface area contributed by atoms with Gasteiger partial charge in [-0.15, -0.1) is 0 Å². The quantitative estimate of drug-likeness (QED) is 0.648.